The van der Waals surface area contributed by atoms with Gasteiger partial charge in [0.2, 0.25) is 0 Å². The summed E-state index contributed by atoms with van der Waals surface area (Å²) in [6, 6.07) is 0. The van der Waals surface area contributed by atoms with Crippen LogP contribution in [0.4, 0.5) is 5.13 Å². The van der Waals surface area contributed by atoms with Crippen LogP contribution in [0.1, 0.15) is 24.5 Å². The number of thiazole rings is 1. The van der Waals surface area contributed by atoms with Gasteiger partial charge in [-0.2, -0.15) is 5.10 Å². The van der Waals surface area contributed by atoms with Gasteiger partial charge in [-0.1, -0.05) is 0 Å². The van der Waals surface area contributed by atoms with Gasteiger partial charge in [0.05, 0.1) is 18.4 Å². The highest BCUT2D eigenvalue weighted by Crippen LogP contribution is 2.41. The van der Waals surface area contributed by atoms with Crippen LogP contribution in [0.15, 0.2) is 22.7 Å². The molecule has 7 nitrogen and oxygen atoms in total. The van der Waals surface area contributed by atoms with Crippen molar-refractivity contribution in [3.8, 4) is 0 Å². The number of hydrogen-bond donors (Lipinski definition) is 2. The fourth-order valence-corrected chi connectivity index (χ4v) is 3.90. The molecule has 2 aromatic heterocycles. The number of sulfonamides is 1. The molecule has 1 saturated carbocycles. The van der Waals surface area contributed by atoms with Crippen molar-refractivity contribution in [3.63, 3.8) is 0 Å². The lowest BCUT2D eigenvalue weighted by atomic mass is 10.3. The first-order valence-electron chi connectivity index (χ1n) is 6.74. The second kappa shape index (κ2) is 5.74. The molecule has 0 aromatic carbocycles. The molecule has 3 rings (SSSR count). The van der Waals surface area contributed by atoms with E-state index in [1.165, 1.54) is 23.7 Å². The maximum atomic E-state index is 12.3. The van der Waals surface area contributed by atoms with Gasteiger partial charge < -0.3 is 5.32 Å². The van der Waals surface area contributed by atoms with Crippen molar-refractivity contribution in [1.29, 1.82) is 0 Å². The van der Waals surface area contributed by atoms with E-state index in [4.69, 9.17) is 0 Å². The molecule has 2 aromatic rings. The van der Waals surface area contributed by atoms with E-state index in [0.29, 0.717) is 17.6 Å². The molecule has 0 bridgehead atoms. The van der Waals surface area contributed by atoms with Crippen LogP contribution in [-0.2, 0) is 16.6 Å². The van der Waals surface area contributed by atoms with Crippen LogP contribution in [0, 0.1) is 0 Å². The number of likely N-dealkylation sites (N-methyl/N-ethyl adjacent to an activating group) is 1. The van der Waals surface area contributed by atoms with E-state index in [0.717, 1.165) is 25.1 Å². The van der Waals surface area contributed by atoms with E-state index in [1.54, 1.807) is 4.68 Å². The molecule has 1 aliphatic carbocycles. The van der Waals surface area contributed by atoms with E-state index >= 15 is 0 Å². The fraction of sp³-hybridized carbons (Fsp3) is 0.500. The molecule has 0 spiro atoms. The number of nitrogens with zero attached hydrogens (tertiary/aromatic N) is 3. The second-order valence-corrected chi connectivity index (χ2v) is 7.54. The Kier molecular flexibility index (Phi) is 3.96. The molecule has 2 heterocycles. The summed E-state index contributed by atoms with van der Waals surface area (Å²) in [5.41, 5.74) is 0.988. The van der Waals surface area contributed by atoms with E-state index in [9.17, 15) is 8.42 Å². The Hall–Kier alpha value is -1.45. The van der Waals surface area contributed by atoms with Gasteiger partial charge in [0.1, 0.15) is 4.90 Å². The molecule has 21 heavy (non-hydrogen) atoms. The van der Waals surface area contributed by atoms with E-state index < -0.39 is 10.0 Å². The summed E-state index contributed by atoms with van der Waals surface area (Å²) in [4.78, 5) is 4.48. The average Bonchev–Trinajstić information content (AvgIpc) is 3.00. The van der Waals surface area contributed by atoms with Crippen LogP contribution in [0.2, 0.25) is 0 Å². The Labute approximate surface area is 127 Å². The van der Waals surface area contributed by atoms with Crippen LogP contribution in [0.25, 0.3) is 0 Å². The third-order valence-corrected chi connectivity index (χ3v) is 5.45. The molecule has 0 saturated heterocycles. The molecule has 9 heteroatoms. The predicted octanol–water partition coefficient (Wildman–Crippen LogP) is 1.24. The van der Waals surface area contributed by atoms with Crippen LogP contribution >= 0.6 is 11.3 Å². The summed E-state index contributed by atoms with van der Waals surface area (Å²) in [5, 5.41) is 9.37. The van der Waals surface area contributed by atoms with Crippen molar-refractivity contribution >= 4 is 26.5 Å². The number of nitrogens with one attached hydrogen (secondary N) is 2. The zero-order valence-electron chi connectivity index (χ0n) is 11.6. The van der Waals surface area contributed by atoms with Crippen molar-refractivity contribution in [2.24, 2.45) is 0 Å². The molecular weight excluding hydrogens is 310 g/mol. The number of rotatable bonds is 7. The molecule has 0 unspecified atom stereocenters. The SMILES string of the molecule is CNCCn1cc(S(=O)(=O)Nc2nc(C3CC3)cs2)cn1. The van der Waals surface area contributed by atoms with Crippen molar-refractivity contribution in [2.75, 3.05) is 18.3 Å². The van der Waals surface area contributed by atoms with E-state index in [2.05, 4.69) is 20.1 Å². The van der Waals surface area contributed by atoms with Gasteiger partial charge in [0.25, 0.3) is 10.0 Å². The molecule has 0 aliphatic heterocycles. The monoisotopic (exact) mass is 327 g/mol. The van der Waals surface area contributed by atoms with Gasteiger partial charge in [-0.3, -0.25) is 9.40 Å². The molecule has 0 amide bonds. The van der Waals surface area contributed by atoms with E-state index in [-0.39, 0.29) is 4.90 Å². The van der Waals surface area contributed by atoms with Gasteiger partial charge >= 0.3 is 0 Å². The molecular formula is C12H17N5O2S2. The minimum atomic E-state index is -3.62. The Morgan fingerprint density at radius 2 is 2.29 bits per heavy atom. The lowest BCUT2D eigenvalue weighted by Gasteiger charge is -2.02. The van der Waals surface area contributed by atoms with E-state index in [1.807, 2.05) is 12.4 Å². The van der Waals surface area contributed by atoms with Crippen LogP contribution in [0.3, 0.4) is 0 Å². The molecule has 2 N–H and O–H groups in total. The van der Waals surface area contributed by atoms with Gasteiger partial charge in [0, 0.05) is 24.0 Å². The van der Waals surface area contributed by atoms with Crippen molar-refractivity contribution in [3.05, 3.63) is 23.5 Å². The number of anilines is 1. The topological polar surface area (TPSA) is 88.9 Å². The highest BCUT2D eigenvalue weighted by molar-refractivity contribution is 7.93. The second-order valence-electron chi connectivity index (χ2n) is 5.00. The van der Waals surface area contributed by atoms with Gasteiger partial charge in [-0.25, -0.2) is 13.4 Å². The van der Waals surface area contributed by atoms with Crippen LogP contribution in [-0.4, -0.2) is 36.8 Å². The third-order valence-electron chi connectivity index (χ3n) is 3.25. The maximum absolute atomic E-state index is 12.3. The maximum Gasteiger partial charge on any atom is 0.266 e. The zero-order chi connectivity index (χ0) is 14.9. The zero-order valence-corrected chi connectivity index (χ0v) is 13.2. The summed E-state index contributed by atoms with van der Waals surface area (Å²) in [7, 11) is -1.78. The highest BCUT2D eigenvalue weighted by atomic mass is 32.2. The fourth-order valence-electron chi connectivity index (χ4n) is 1.91. The molecule has 0 radical (unpaired) electrons. The smallest absolute Gasteiger partial charge is 0.266 e. The standard InChI is InChI=1S/C12H17N5O2S2/c1-13-4-5-17-7-10(6-14-17)21(18,19)16-12-15-11(8-20-12)9-2-3-9/h6-9,13H,2-5H2,1H3,(H,15,16). The summed E-state index contributed by atoms with van der Waals surface area (Å²) in [5.74, 6) is 0.517. The van der Waals surface area contributed by atoms with Crippen LogP contribution in [0.5, 0.6) is 0 Å². The Morgan fingerprint density at radius 3 is 3.00 bits per heavy atom. The molecule has 1 aliphatic rings. The normalized spacial score (nSPS) is 15.3. The lowest BCUT2D eigenvalue weighted by molar-refractivity contribution is 0.582. The summed E-state index contributed by atoms with van der Waals surface area (Å²) in [6.45, 7) is 1.35. The summed E-state index contributed by atoms with van der Waals surface area (Å²) < 4.78 is 28.7. The summed E-state index contributed by atoms with van der Waals surface area (Å²) in [6.07, 6.45) is 5.17. The van der Waals surface area contributed by atoms with Gasteiger partial charge in [0.15, 0.2) is 5.13 Å². The first-order valence-corrected chi connectivity index (χ1v) is 9.10. The van der Waals surface area contributed by atoms with Gasteiger partial charge in [-0.05, 0) is 19.9 Å². The number of aromatic nitrogens is 3. The Balaban J connectivity index is 1.71. The van der Waals surface area contributed by atoms with Crippen molar-refractivity contribution in [1.82, 2.24) is 20.1 Å². The quantitative estimate of drug-likeness (QED) is 0.798. The first-order chi connectivity index (χ1) is 10.1. The lowest BCUT2D eigenvalue weighted by Crippen LogP contribution is -2.15. The first kappa shape index (κ1) is 14.5. The Morgan fingerprint density at radius 1 is 1.48 bits per heavy atom. The minimum Gasteiger partial charge on any atom is -0.318 e. The van der Waals surface area contributed by atoms with Gasteiger partial charge in [-0.15, -0.1) is 11.3 Å². The highest BCUT2D eigenvalue weighted by Gasteiger charge is 2.27. The third kappa shape index (κ3) is 3.42. The van der Waals surface area contributed by atoms with Crippen molar-refractivity contribution < 1.29 is 8.42 Å². The minimum absolute atomic E-state index is 0.154. The Bertz CT molecular complexity index is 718. The molecule has 1 fully saturated rings. The molecule has 0 atom stereocenters. The predicted molar refractivity (Wildman–Crippen MR) is 81.1 cm³/mol. The van der Waals surface area contributed by atoms with Crippen molar-refractivity contribution in [2.45, 2.75) is 30.2 Å². The molecule has 114 valence electrons. The van der Waals surface area contributed by atoms with Crippen LogP contribution < -0.4 is 10.0 Å². The number of hydrogen-bond acceptors (Lipinski definition) is 6. The average molecular weight is 327 g/mol. The summed E-state index contributed by atoms with van der Waals surface area (Å²) >= 11 is 1.32. The largest absolute Gasteiger partial charge is 0.318 e.